The summed E-state index contributed by atoms with van der Waals surface area (Å²) in [6.45, 7) is 0. The Balaban J connectivity index is 2.02. The molecule has 2 aromatic heterocycles. The molecule has 0 aliphatic heterocycles. The van der Waals surface area contributed by atoms with Gasteiger partial charge in [-0.3, -0.25) is 0 Å². The first-order valence-electron chi connectivity index (χ1n) is 6.42. The molecule has 1 fully saturated rings. The SMILES string of the molecule is Clc1ncc2cc(-c3ccccc3)n(C3CC3)c2n1. The molecule has 0 amide bonds. The predicted molar refractivity (Wildman–Crippen MR) is 76.2 cm³/mol. The molecular formula is C15H12ClN3. The second kappa shape index (κ2) is 4.07. The summed E-state index contributed by atoms with van der Waals surface area (Å²) in [7, 11) is 0. The van der Waals surface area contributed by atoms with Gasteiger partial charge in [0.25, 0.3) is 0 Å². The highest BCUT2D eigenvalue weighted by molar-refractivity contribution is 6.28. The average molecular weight is 270 g/mol. The largest absolute Gasteiger partial charge is 0.322 e. The lowest BCUT2D eigenvalue weighted by atomic mass is 10.1. The minimum atomic E-state index is 0.312. The van der Waals surface area contributed by atoms with Gasteiger partial charge in [0.1, 0.15) is 5.65 Å². The molecule has 0 saturated heterocycles. The van der Waals surface area contributed by atoms with E-state index in [1.54, 1.807) is 6.20 Å². The van der Waals surface area contributed by atoms with Crippen molar-refractivity contribution in [1.29, 1.82) is 0 Å². The van der Waals surface area contributed by atoms with Crippen molar-refractivity contribution < 1.29 is 0 Å². The molecule has 0 N–H and O–H groups in total. The molecule has 1 aliphatic rings. The lowest BCUT2D eigenvalue weighted by Gasteiger charge is -2.08. The highest BCUT2D eigenvalue weighted by Crippen LogP contribution is 2.42. The molecule has 0 unspecified atom stereocenters. The van der Waals surface area contributed by atoms with Gasteiger partial charge in [-0.25, -0.2) is 4.98 Å². The molecule has 0 atom stereocenters. The van der Waals surface area contributed by atoms with Crippen LogP contribution in [0.5, 0.6) is 0 Å². The van der Waals surface area contributed by atoms with E-state index < -0.39 is 0 Å². The third-order valence-electron chi connectivity index (χ3n) is 3.53. The molecule has 94 valence electrons. The fourth-order valence-electron chi connectivity index (χ4n) is 2.52. The summed E-state index contributed by atoms with van der Waals surface area (Å²) in [5, 5.41) is 1.36. The molecule has 1 aliphatic carbocycles. The lowest BCUT2D eigenvalue weighted by molar-refractivity contribution is 0.773. The molecule has 4 rings (SSSR count). The van der Waals surface area contributed by atoms with Crippen LogP contribution in [-0.4, -0.2) is 14.5 Å². The number of fused-ring (bicyclic) bond motifs is 1. The molecule has 3 aromatic rings. The van der Waals surface area contributed by atoms with Crippen molar-refractivity contribution in [2.24, 2.45) is 0 Å². The average Bonchev–Trinajstić information content (AvgIpc) is 3.21. The zero-order valence-electron chi connectivity index (χ0n) is 10.3. The fourth-order valence-corrected chi connectivity index (χ4v) is 2.65. The van der Waals surface area contributed by atoms with Gasteiger partial charge in [0.05, 0.1) is 5.69 Å². The highest BCUT2D eigenvalue weighted by atomic mass is 35.5. The smallest absolute Gasteiger partial charge is 0.224 e. The Labute approximate surface area is 115 Å². The van der Waals surface area contributed by atoms with E-state index in [0.29, 0.717) is 11.3 Å². The van der Waals surface area contributed by atoms with Gasteiger partial charge in [-0.15, -0.1) is 0 Å². The topological polar surface area (TPSA) is 30.7 Å². The zero-order valence-corrected chi connectivity index (χ0v) is 11.0. The number of hydrogen-bond acceptors (Lipinski definition) is 2. The number of nitrogens with zero attached hydrogens (tertiary/aromatic N) is 3. The van der Waals surface area contributed by atoms with Gasteiger partial charge in [0, 0.05) is 17.6 Å². The number of halogens is 1. The summed E-state index contributed by atoms with van der Waals surface area (Å²) >= 11 is 5.94. The van der Waals surface area contributed by atoms with Crippen LogP contribution in [0.3, 0.4) is 0 Å². The van der Waals surface area contributed by atoms with Crippen LogP contribution in [0.15, 0.2) is 42.6 Å². The van der Waals surface area contributed by atoms with Gasteiger partial charge in [-0.05, 0) is 36.1 Å². The number of aromatic nitrogens is 3. The molecule has 2 heterocycles. The fraction of sp³-hybridized carbons (Fsp3) is 0.200. The van der Waals surface area contributed by atoms with Crippen LogP contribution in [0.25, 0.3) is 22.3 Å². The monoisotopic (exact) mass is 269 g/mol. The van der Waals surface area contributed by atoms with Crippen LogP contribution < -0.4 is 0 Å². The van der Waals surface area contributed by atoms with Crippen LogP contribution >= 0.6 is 11.6 Å². The Hall–Kier alpha value is -1.87. The van der Waals surface area contributed by atoms with Crippen molar-refractivity contribution in [3.8, 4) is 11.3 Å². The molecule has 0 radical (unpaired) electrons. The quantitative estimate of drug-likeness (QED) is 0.656. The standard InChI is InChI=1S/C15H12ClN3/c16-15-17-9-11-8-13(10-4-2-1-3-5-10)19(12-6-7-12)14(11)18-15/h1-5,8-9,12H,6-7H2. The van der Waals surface area contributed by atoms with E-state index in [4.69, 9.17) is 11.6 Å². The lowest BCUT2D eigenvalue weighted by Crippen LogP contribution is -1.98. The summed E-state index contributed by atoms with van der Waals surface area (Å²) in [5.74, 6) is 0. The van der Waals surface area contributed by atoms with Gasteiger partial charge in [-0.1, -0.05) is 30.3 Å². The molecule has 0 spiro atoms. The minimum absolute atomic E-state index is 0.312. The van der Waals surface area contributed by atoms with Crippen LogP contribution in [-0.2, 0) is 0 Å². The Morgan fingerprint density at radius 2 is 1.95 bits per heavy atom. The van der Waals surface area contributed by atoms with E-state index in [1.165, 1.54) is 24.1 Å². The first-order chi connectivity index (χ1) is 9.33. The second-order valence-corrected chi connectivity index (χ2v) is 5.25. The molecule has 4 heteroatoms. The van der Waals surface area contributed by atoms with Crippen molar-refractivity contribution in [3.63, 3.8) is 0 Å². The van der Waals surface area contributed by atoms with E-state index in [1.807, 2.05) is 6.07 Å². The second-order valence-electron chi connectivity index (χ2n) is 4.91. The van der Waals surface area contributed by atoms with E-state index in [0.717, 1.165) is 11.0 Å². The van der Waals surface area contributed by atoms with E-state index >= 15 is 0 Å². The first-order valence-corrected chi connectivity index (χ1v) is 6.79. The van der Waals surface area contributed by atoms with Gasteiger partial charge < -0.3 is 4.57 Å². The maximum atomic E-state index is 5.94. The first kappa shape index (κ1) is 11.0. The summed E-state index contributed by atoms with van der Waals surface area (Å²) in [5.41, 5.74) is 3.36. The Morgan fingerprint density at radius 1 is 1.16 bits per heavy atom. The van der Waals surface area contributed by atoms with Crippen LogP contribution in [0.2, 0.25) is 5.28 Å². The Morgan fingerprint density at radius 3 is 2.68 bits per heavy atom. The van der Waals surface area contributed by atoms with Crippen molar-refractivity contribution in [2.75, 3.05) is 0 Å². The van der Waals surface area contributed by atoms with E-state index in [2.05, 4.69) is 44.9 Å². The predicted octanol–water partition coefficient (Wildman–Crippen LogP) is 4.09. The minimum Gasteiger partial charge on any atom is -0.322 e. The number of rotatable bonds is 2. The summed E-state index contributed by atoms with van der Waals surface area (Å²) in [6.07, 6.45) is 4.23. The molecule has 3 nitrogen and oxygen atoms in total. The summed E-state index contributed by atoms with van der Waals surface area (Å²) in [4.78, 5) is 8.48. The molecule has 1 saturated carbocycles. The van der Waals surface area contributed by atoms with Gasteiger partial charge >= 0.3 is 0 Å². The summed E-state index contributed by atoms with van der Waals surface area (Å²) < 4.78 is 2.30. The highest BCUT2D eigenvalue weighted by Gasteiger charge is 2.28. The number of benzene rings is 1. The van der Waals surface area contributed by atoms with Crippen molar-refractivity contribution >= 4 is 22.6 Å². The van der Waals surface area contributed by atoms with E-state index in [-0.39, 0.29) is 0 Å². The van der Waals surface area contributed by atoms with Crippen molar-refractivity contribution in [1.82, 2.24) is 14.5 Å². The maximum absolute atomic E-state index is 5.94. The van der Waals surface area contributed by atoms with Crippen LogP contribution in [0.4, 0.5) is 0 Å². The third-order valence-corrected chi connectivity index (χ3v) is 3.71. The molecule has 1 aromatic carbocycles. The van der Waals surface area contributed by atoms with Crippen molar-refractivity contribution in [3.05, 3.63) is 47.9 Å². The molecular weight excluding hydrogens is 258 g/mol. The van der Waals surface area contributed by atoms with Gasteiger partial charge in [0.2, 0.25) is 5.28 Å². The normalized spacial score (nSPS) is 15.0. The summed E-state index contributed by atoms with van der Waals surface area (Å²) in [6, 6.07) is 13.1. The number of hydrogen-bond donors (Lipinski definition) is 0. The van der Waals surface area contributed by atoms with E-state index in [9.17, 15) is 0 Å². The molecule has 0 bridgehead atoms. The van der Waals surface area contributed by atoms with Crippen molar-refractivity contribution in [2.45, 2.75) is 18.9 Å². The zero-order chi connectivity index (χ0) is 12.8. The van der Waals surface area contributed by atoms with Crippen LogP contribution in [0.1, 0.15) is 18.9 Å². The van der Waals surface area contributed by atoms with Gasteiger partial charge in [-0.2, -0.15) is 4.98 Å². The van der Waals surface area contributed by atoms with Gasteiger partial charge in [0.15, 0.2) is 0 Å². The maximum Gasteiger partial charge on any atom is 0.224 e. The third kappa shape index (κ3) is 1.81. The Bertz CT molecular complexity index is 745. The van der Waals surface area contributed by atoms with Crippen LogP contribution in [0, 0.1) is 0 Å². The molecule has 19 heavy (non-hydrogen) atoms. The Kier molecular flexibility index (Phi) is 2.35.